The van der Waals surface area contributed by atoms with Crippen LogP contribution < -0.4 is 5.32 Å². The first-order valence-electron chi connectivity index (χ1n) is 10.6. The van der Waals surface area contributed by atoms with Crippen LogP contribution in [0.5, 0.6) is 0 Å². The maximum atomic E-state index is 13.1. The number of nitrogens with zero attached hydrogens (tertiary/aromatic N) is 3. The Bertz CT molecular complexity index is 1430. The molecule has 2 aromatic heterocycles. The van der Waals surface area contributed by atoms with Gasteiger partial charge in [-0.25, -0.2) is 9.97 Å². The van der Waals surface area contributed by atoms with Crippen LogP contribution >= 0.6 is 0 Å². The third-order valence-electron chi connectivity index (χ3n) is 6.27. The van der Waals surface area contributed by atoms with E-state index in [0.717, 1.165) is 37.1 Å². The molecule has 1 fully saturated rings. The molecule has 0 unspecified atom stereocenters. The number of aromatic amines is 1. The van der Waals surface area contributed by atoms with E-state index >= 15 is 0 Å². The van der Waals surface area contributed by atoms with Crippen molar-refractivity contribution >= 4 is 22.8 Å². The molecule has 0 bridgehead atoms. The van der Waals surface area contributed by atoms with Gasteiger partial charge in [-0.15, -0.1) is 0 Å². The van der Waals surface area contributed by atoms with Crippen molar-refractivity contribution in [2.45, 2.75) is 30.9 Å². The number of carbonyl (C=O) groups excluding carboxylic acids is 1. The van der Waals surface area contributed by atoms with Crippen LogP contribution in [0.15, 0.2) is 60.8 Å². The summed E-state index contributed by atoms with van der Waals surface area (Å²) in [5, 5.41) is 11.8. The summed E-state index contributed by atoms with van der Waals surface area (Å²) in [6.07, 6.45) is -1.17. The van der Waals surface area contributed by atoms with E-state index in [1.165, 1.54) is 0 Å². The summed E-state index contributed by atoms with van der Waals surface area (Å²) in [5.74, 6) is 0.267. The number of pyridine rings is 1. The van der Waals surface area contributed by atoms with Gasteiger partial charge in [-0.3, -0.25) is 4.79 Å². The summed E-state index contributed by atoms with van der Waals surface area (Å²) in [7, 11) is 0. The van der Waals surface area contributed by atoms with E-state index in [1.54, 1.807) is 36.4 Å². The lowest BCUT2D eigenvalue weighted by Crippen LogP contribution is -2.36. The predicted molar refractivity (Wildman–Crippen MR) is 119 cm³/mol. The molecule has 1 aliphatic rings. The standard InChI is InChI=1S/C25H18F3N5O/c26-25(27,28)18-12-20-21(30-14-18)33-23(32-20)24(9-2-10-24)17-7-5-16(6-8-17)22(34)31-19-4-1-3-15(11-19)13-29/h1,3-8,11-12,14H,2,9-10H2,(H,31,34)(H,30,32,33). The van der Waals surface area contributed by atoms with Gasteiger partial charge in [0.15, 0.2) is 5.65 Å². The number of halogens is 3. The number of alkyl halides is 3. The Morgan fingerprint density at radius 3 is 2.53 bits per heavy atom. The lowest BCUT2D eigenvalue weighted by atomic mass is 9.64. The Morgan fingerprint density at radius 1 is 1.12 bits per heavy atom. The van der Waals surface area contributed by atoms with Crippen molar-refractivity contribution in [3.05, 3.63) is 88.9 Å². The summed E-state index contributed by atoms with van der Waals surface area (Å²) in [6.45, 7) is 0. The number of carbonyl (C=O) groups is 1. The van der Waals surface area contributed by atoms with Crippen molar-refractivity contribution in [3.8, 4) is 6.07 Å². The lowest BCUT2D eigenvalue weighted by Gasteiger charge is -2.40. The van der Waals surface area contributed by atoms with Crippen LogP contribution in [0.25, 0.3) is 11.2 Å². The van der Waals surface area contributed by atoms with Crippen LogP contribution in [0, 0.1) is 11.3 Å². The molecule has 6 nitrogen and oxygen atoms in total. The summed E-state index contributed by atoms with van der Waals surface area (Å²) in [6, 6.07) is 16.8. The van der Waals surface area contributed by atoms with Crippen LogP contribution in [-0.2, 0) is 11.6 Å². The number of anilines is 1. The molecule has 0 spiro atoms. The zero-order valence-electron chi connectivity index (χ0n) is 17.8. The zero-order valence-corrected chi connectivity index (χ0v) is 17.8. The molecule has 0 aliphatic heterocycles. The fourth-order valence-corrected chi connectivity index (χ4v) is 4.28. The number of hydrogen-bond acceptors (Lipinski definition) is 4. The molecular weight excluding hydrogens is 443 g/mol. The number of benzene rings is 2. The number of hydrogen-bond donors (Lipinski definition) is 2. The van der Waals surface area contributed by atoms with Gasteiger partial charge in [0.2, 0.25) is 0 Å². The number of fused-ring (bicyclic) bond motifs is 1. The summed E-state index contributed by atoms with van der Waals surface area (Å²) in [4.78, 5) is 24.1. The Hall–Kier alpha value is -4.19. The molecule has 1 saturated carbocycles. The van der Waals surface area contributed by atoms with E-state index in [9.17, 15) is 18.0 Å². The van der Waals surface area contributed by atoms with Crippen LogP contribution in [0.2, 0.25) is 0 Å². The normalized spacial score (nSPS) is 14.9. The van der Waals surface area contributed by atoms with Gasteiger partial charge in [0, 0.05) is 17.4 Å². The Kier molecular flexibility index (Phi) is 5.09. The fraction of sp³-hybridized carbons (Fsp3) is 0.200. The molecule has 2 N–H and O–H groups in total. The van der Waals surface area contributed by atoms with Crippen molar-refractivity contribution in [1.82, 2.24) is 15.0 Å². The number of imidazole rings is 1. The van der Waals surface area contributed by atoms with Crippen LogP contribution in [-0.4, -0.2) is 20.9 Å². The SMILES string of the molecule is N#Cc1cccc(NC(=O)c2ccc(C3(c4nc5ncc(C(F)(F)F)cc5[nH]4)CCC3)cc2)c1. The molecule has 5 rings (SSSR count). The molecule has 4 aromatic rings. The van der Waals surface area contributed by atoms with E-state index in [-0.39, 0.29) is 17.1 Å². The number of H-pyrrole nitrogens is 1. The second kappa shape index (κ2) is 7.99. The summed E-state index contributed by atoms with van der Waals surface area (Å²) >= 11 is 0. The van der Waals surface area contributed by atoms with Gasteiger partial charge in [-0.05, 0) is 54.8 Å². The third-order valence-corrected chi connectivity index (χ3v) is 6.27. The number of amides is 1. The Balaban J connectivity index is 1.41. The number of nitriles is 1. The predicted octanol–water partition coefficient (Wildman–Crippen LogP) is 5.57. The second-order valence-electron chi connectivity index (χ2n) is 8.34. The van der Waals surface area contributed by atoms with Crippen molar-refractivity contribution in [3.63, 3.8) is 0 Å². The van der Waals surface area contributed by atoms with E-state index in [4.69, 9.17) is 5.26 Å². The minimum Gasteiger partial charge on any atom is -0.340 e. The first kappa shape index (κ1) is 21.6. The van der Waals surface area contributed by atoms with Gasteiger partial charge < -0.3 is 10.3 Å². The number of aromatic nitrogens is 3. The third kappa shape index (κ3) is 3.77. The van der Waals surface area contributed by atoms with Crippen LogP contribution in [0.4, 0.5) is 18.9 Å². The maximum absolute atomic E-state index is 13.1. The average molecular weight is 461 g/mol. The minimum absolute atomic E-state index is 0.241. The number of rotatable bonds is 4. The molecule has 170 valence electrons. The van der Waals surface area contributed by atoms with Crippen molar-refractivity contribution in [1.29, 1.82) is 5.26 Å². The summed E-state index contributed by atoms with van der Waals surface area (Å²) in [5.41, 5.74) is 1.54. The Morgan fingerprint density at radius 2 is 1.88 bits per heavy atom. The molecule has 34 heavy (non-hydrogen) atoms. The summed E-state index contributed by atoms with van der Waals surface area (Å²) < 4.78 is 39.2. The van der Waals surface area contributed by atoms with Crippen LogP contribution in [0.1, 0.15) is 52.1 Å². The highest BCUT2D eigenvalue weighted by atomic mass is 19.4. The van der Waals surface area contributed by atoms with Gasteiger partial charge in [0.05, 0.1) is 28.1 Å². The van der Waals surface area contributed by atoms with Crippen molar-refractivity contribution < 1.29 is 18.0 Å². The van der Waals surface area contributed by atoms with E-state index in [0.29, 0.717) is 22.6 Å². The largest absolute Gasteiger partial charge is 0.417 e. The van der Waals surface area contributed by atoms with E-state index in [2.05, 4.69) is 20.3 Å². The molecule has 2 heterocycles. The number of nitrogens with one attached hydrogen (secondary N) is 2. The maximum Gasteiger partial charge on any atom is 0.417 e. The molecule has 2 aromatic carbocycles. The molecule has 0 radical (unpaired) electrons. The van der Waals surface area contributed by atoms with Crippen molar-refractivity contribution in [2.24, 2.45) is 0 Å². The quantitative estimate of drug-likeness (QED) is 0.415. The first-order chi connectivity index (χ1) is 16.3. The second-order valence-corrected chi connectivity index (χ2v) is 8.34. The van der Waals surface area contributed by atoms with Gasteiger partial charge in [0.25, 0.3) is 5.91 Å². The molecule has 0 atom stereocenters. The van der Waals surface area contributed by atoms with E-state index in [1.807, 2.05) is 18.2 Å². The van der Waals surface area contributed by atoms with Gasteiger partial charge >= 0.3 is 6.18 Å². The molecule has 0 saturated heterocycles. The average Bonchev–Trinajstić information content (AvgIpc) is 3.21. The van der Waals surface area contributed by atoms with Gasteiger partial charge in [-0.1, -0.05) is 24.6 Å². The highest BCUT2D eigenvalue weighted by Gasteiger charge is 2.43. The molecule has 9 heteroatoms. The smallest absolute Gasteiger partial charge is 0.340 e. The lowest BCUT2D eigenvalue weighted by molar-refractivity contribution is -0.137. The van der Waals surface area contributed by atoms with Crippen LogP contribution in [0.3, 0.4) is 0 Å². The highest BCUT2D eigenvalue weighted by Crippen LogP contribution is 2.48. The molecule has 1 aliphatic carbocycles. The zero-order chi connectivity index (χ0) is 23.9. The monoisotopic (exact) mass is 461 g/mol. The topological polar surface area (TPSA) is 94.5 Å². The minimum atomic E-state index is -4.48. The Labute approximate surface area is 192 Å². The van der Waals surface area contributed by atoms with Gasteiger partial charge in [0.1, 0.15) is 5.82 Å². The molecular formula is C25H18F3N5O. The van der Waals surface area contributed by atoms with Crippen molar-refractivity contribution in [2.75, 3.05) is 5.32 Å². The highest BCUT2D eigenvalue weighted by molar-refractivity contribution is 6.04. The van der Waals surface area contributed by atoms with Gasteiger partial charge in [-0.2, -0.15) is 18.4 Å². The van der Waals surface area contributed by atoms with E-state index < -0.39 is 17.2 Å². The first-order valence-corrected chi connectivity index (χ1v) is 10.6. The fourth-order valence-electron chi connectivity index (χ4n) is 4.28. The molecule has 1 amide bonds.